The quantitative estimate of drug-likeness (QED) is 0.742. The zero-order chi connectivity index (χ0) is 13.4. The Hall–Kier alpha value is -1.49. The van der Waals surface area contributed by atoms with Crippen LogP contribution in [-0.4, -0.2) is 29.3 Å². The van der Waals surface area contributed by atoms with E-state index < -0.39 is 11.9 Å². The van der Waals surface area contributed by atoms with Gasteiger partial charge in [-0.1, -0.05) is 25.1 Å². The Labute approximate surface area is 111 Å². The van der Waals surface area contributed by atoms with Crippen LogP contribution >= 0.6 is 11.8 Å². The van der Waals surface area contributed by atoms with E-state index in [0.717, 1.165) is 4.90 Å². The van der Waals surface area contributed by atoms with Crippen LogP contribution in [0, 0.1) is 5.92 Å². The zero-order valence-corrected chi connectivity index (χ0v) is 11.1. The molecule has 0 saturated heterocycles. The third kappa shape index (κ3) is 5.72. The smallest absolute Gasteiger partial charge is 0.308 e. The first kappa shape index (κ1) is 14.6. The Morgan fingerprint density at radius 1 is 1.33 bits per heavy atom. The van der Waals surface area contributed by atoms with Crippen LogP contribution in [-0.2, 0) is 9.59 Å². The van der Waals surface area contributed by atoms with Crippen molar-refractivity contribution in [3.8, 4) is 0 Å². The molecule has 0 spiro atoms. The first-order valence-corrected chi connectivity index (χ1v) is 6.75. The summed E-state index contributed by atoms with van der Waals surface area (Å²) in [5.74, 6) is -0.853. The van der Waals surface area contributed by atoms with Crippen molar-refractivity contribution in [3.63, 3.8) is 0 Å². The number of benzene rings is 1. The molecule has 2 N–H and O–H groups in total. The highest BCUT2D eigenvalue weighted by atomic mass is 32.2. The zero-order valence-electron chi connectivity index (χ0n) is 10.3. The molecule has 1 amide bonds. The van der Waals surface area contributed by atoms with Gasteiger partial charge >= 0.3 is 5.97 Å². The summed E-state index contributed by atoms with van der Waals surface area (Å²) in [7, 11) is 0. The van der Waals surface area contributed by atoms with Crippen molar-refractivity contribution in [2.75, 3.05) is 12.3 Å². The van der Waals surface area contributed by atoms with Crippen LogP contribution in [0.5, 0.6) is 0 Å². The van der Waals surface area contributed by atoms with Crippen LogP contribution in [0.1, 0.15) is 13.3 Å². The summed E-state index contributed by atoms with van der Waals surface area (Å²) >= 11 is 1.61. The second kappa shape index (κ2) is 7.76. The molecule has 0 radical (unpaired) electrons. The minimum atomic E-state index is -0.894. The van der Waals surface area contributed by atoms with Crippen molar-refractivity contribution < 1.29 is 14.7 Å². The van der Waals surface area contributed by atoms with Gasteiger partial charge < -0.3 is 10.4 Å². The molecule has 18 heavy (non-hydrogen) atoms. The number of carboxylic acid groups (broad SMARTS) is 1. The van der Waals surface area contributed by atoms with Crippen molar-refractivity contribution in [2.24, 2.45) is 5.92 Å². The van der Waals surface area contributed by atoms with Crippen LogP contribution in [0.25, 0.3) is 0 Å². The third-order valence-corrected chi connectivity index (χ3v) is 3.38. The molecule has 0 aliphatic carbocycles. The fraction of sp³-hybridized carbons (Fsp3) is 0.385. The number of aliphatic carboxylic acids is 1. The van der Waals surface area contributed by atoms with E-state index in [0.29, 0.717) is 12.2 Å². The van der Waals surface area contributed by atoms with Crippen LogP contribution in [0.3, 0.4) is 0 Å². The molecule has 1 unspecified atom stereocenters. The maximum atomic E-state index is 11.4. The van der Waals surface area contributed by atoms with E-state index in [1.807, 2.05) is 30.3 Å². The third-order valence-electron chi connectivity index (χ3n) is 2.37. The van der Waals surface area contributed by atoms with Gasteiger partial charge in [0.2, 0.25) is 5.91 Å². The number of thioether (sulfide) groups is 1. The Morgan fingerprint density at radius 3 is 2.61 bits per heavy atom. The second-order valence-electron chi connectivity index (χ2n) is 3.95. The van der Waals surface area contributed by atoms with E-state index >= 15 is 0 Å². The lowest BCUT2D eigenvalue weighted by atomic mass is 10.2. The summed E-state index contributed by atoms with van der Waals surface area (Å²) in [6.45, 7) is 1.76. The SMILES string of the molecule is CC(CNC(=O)CCSc1ccccc1)C(=O)O. The molecule has 1 rings (SSSR count). The van der Waals surface area contributed by atoms with Crippen molar-refractivity contribution in [2.45, 2.75) is 18.2 Å². The minimum Gasteiger partial charge on any atom is -0.481 e. The van der Waals surface area contributed by atoms with Gasteiger partial charge in [0.05, 0.1) is 5.92 Å². The molecular weight excluding hydrogens is 250 g/mol. The van der Waals surface area contributed by atoms with Gasteiger partial charge in [0.25, 0.3) is 0 Å². The summed E-state index contributed by atoms with van der Waals surface area (Å²) in [5.41, 5.74) is 0. The van der Waals surface area contributed by atoms with Crippen LogP contribution in [0.4, 0.5) is 0 Å². The minimum absolute atomic E-state index is 0.105. The van der Waals surface area contributed by atoms with Gasteiger partial charge in [-0.25, -0.2) is 0 Å². The van der Waals surface area contributed by atoms with E-state index in [1.54, 1.807) is 18.7 Å². The van der Waals surface area contributed by atoms with Gasteiger partial charge in [-0.3, -0.25) is 9.59 Å². The fourth-order valence-electron chi connectivity index (χ4n) is 1.22. The highest BCUT2D eigenvalue weighted by Crippen LogP contribution is 2.17. The standard InChI is InChI=1S/C13H17NO3S/c1-10(13(16)17)9-14-12(15)7-8-18-11-5-3-2-4-6-11/h2-6,10H,7-9H2,1H3,(H,14,15)(H,16,17). The molecule has 4 nitrogen and oxygen atoms in total. The fourth-order valence-corrected chi connectivity index (χ4v) is 2.09. The molecule has 0 bridgehead atoms. The number of carbonyl (C=O) groups is 2. The predicted molar refractivity (Wildman–Crippen MR) is 71.6 cm³/mol. The summed E-state index contributed by atoms with van der Waals surface area (Å²) in [6.07, 6.45) is 0.395. The summed E-state index contributed by atoms with van der Waals surface area (Å²) in [5, 5.41) is 11.3. The molecule has 1 atom stereocenters. The van der Waals surface area contributed by atoms with Crippen LogP contribution in [0.15, 0.2) is 35.2 Å². The number of nitrogens with one attached hydrogen (secondary N) is 1. The largest absolute Gasteiger partial charge is 0.481 e. The first-order valence-electron chi connectivity index (χ1n) is 5.77. The van der Waals surface area contributed by atoms with Crippen LogP contribution < -0.4 is 5.32 Å². The molecule has 0 heterocycles. The molecular formula is C13H17NO3S. The summed E-state index contributed by atoms with van der Waals surface area (Å²) in [4.78, 5) is 23.1. The Balaban J connectivity index is 2.16. The van der Waals surface area contributed by atoms with Crippen molar-refractivity contribution >= 4 is 23.6 Å². The molecule has 0 aliphatic heterocycles. The molecule has 0 aromatic heterocycles. The van der Waals surface area contributed by atoms with E-state index in [9.17, 15) is 9.59 Å². The van der Waals surface area contributed by atoms with Gasteiger partial charge in [-0.05, 0) is 12.1 Å². The maximum absolute atomic E-state index is 11.4. The number of carboxylic acids is 1. The highest BCUT2D eigenvalue weighted by molar-refractivity contribution is 7.99. The Bertz CT molecular complexity index is 394. The molecule has 0 fully saturated rings. The first-order chi connectivity index (χ1) is 8.59. The lowest BCUT2D eigenvalue weighted by molar-refractivity contribution is -0.141. The lowest BCUT2D eigenvalue weighted by Gasteiger charge is -2.08. The number of rotatable bonds is 7. The van der Waals surface area contributed by atoms with Gasteiger partial charge in [0, 0.05) is 23.6 Å². The van der Waals surface area contributed by atoms with Gasteiger partial charge in [-0.15, -0.1) is 11.8 Å². The van der Waals surface area contributed by atoms with E-state index in [1.165, 1.54) is 0 Å². The Kier molecular flexibility index (Phi) is 6.28. The monoisotopic (exact) mass is 267 g/mol. The van der Waals surface area contributed by atoms with E-state index in [2.05, 4.69) is 5.32 Å². The number of hydrogen-bond donors (Lipinski definition) is 2. The van der Waals surface area contributed by atoms with E-state index in [-0.39, 0.29) is 12.5 Å². The number of amides is 1. The molecule has 1 aromatic rings. The number of carbonyl (C=O) groups excluding carboxylic acids is 1. The number of hydrogen-bond acceptors (Lipinski definition) is 3. The average Bonchev–Trinajstić information content (AvgIpc) is 2.37. The predicted octanol–water partition coefficient (Wildman–Crippen LogP) is 2.01. The highest BCUT2D eigenvalue weighted by Gasteiger charge is 2.11. The lowest BCUT2D eigenvalue weighted by Crippen LogP contribution is -2.31. The van der Waals surface area contributed by atoms with Crippen molar-refractivity contribution in [3.05, 3.63) is 30.3 Å². The average molecular weight is 267 g/mol. The van der Waals surface area contributed by atoms with Gasteiger partial charge in [-0.2, -0.15) is 0 Å². The van der Waals surface area contributed by atoms with Crippen molar-refractivity contribution in [1.82, 2.24) is 5.32 Å². The molecule has 98 valence electrons. The summed E-state index contributed by atoms with van der Waals surface area (Å²) < 4.78 is 0. The molecule has 0 aliphatic rings. The Morgan fingerprint density at radius 2 is 2.00 bits per heavy atom. The van der Waals surface area contributed by atoms with Crippen LogP contribution in [0.2, 0.25) is 0 Å². The van der Waals surface area contributed by atoms with Crippen molar-refractivity contribution in [1.29, 1.82) is 0 Å². The topological polar surface area (TPSA) is 66.4 Å². The maximum Gasteiger partial charge on any atom is 0.308 e. The van der Waals surface area contributed by atoms with E-state index in [4.69, 9.17) is 5.11 Å². The molecule has 5 heteroatoms. The van der Waals surface area contributed by atoms with Gasteiger partial charge in [0.15, 0.2) is 0 Å². The van der Waals surface area contributed by atoms with Gasteiger partial charge in [0.1, 0.15) is 0 Å². The molecule has 0 saturated carbocycles. The normalized spacial score (nSPS) is 11.8. The molecule has 1 aromatic carbocycles. The second-order valence-corrected chi connectivity index (χ2v) is 5.12. The summed E-state index contributed by atoms with van der Waals surface area (Å²) in [6, 6.07) is 9.85.